The minimum absolute atomic E-state index is 0.106. The van der Waals surface area contributed by atoms with E-state index in [9.17, 15) is 13.2 Å². The van der Waals surface area contributed by atoms with Gasteiger partial charge in [0.25, 0.3) is 15.9 Å². The minimum Gasteiger partial charge on any atom is -0.296 e. The normalized spacial score (nSPS) is 15.7. The first kappa shape index (κ1) is 16.3. The number of sulfonamides is 1. The van der Waals surface area contributed by atoms with Crippen LogP contribution in [0, 0.1) is 0 Å². The lowest BCUT2D eigenvalue weighted by atomic mass is 10.2. The zero-order chi connectivity index (χ0) is 16.4. The molecule has 0 saturated carbocycles. The van der Waals surface area contributed by atoms with E-state index in [4.69, 9.17) is 11.6 Å². The third-order valence-corrected chi connectivity index (χ3v) is 6.69. The zero-order valence-electron chi connectivity index (χ0n) is 11.9. The van der Waals surface area contributed by atoms with E-state index in [1.54, 1.807) is 24.3 Å². The van der Waals surface area contributed by atoms with Crippen LogP contribution in [0.3, 0.4) is 0 Å². The van der Waals surface area contributed by atoms with E-state index in [1.807, 2.05) is 0 Å². The van der Waals surface area contributed by atoms with Crippen molar-refractivity contribution in [3.63, 3.8) is 0 Å². The Hall–Kier alpha value is -1.55. The summed E-state index contributed by atoms with van der Waals surface area (Å²) in [5, 5.41) is 10.6. The number of benzene rings is 1. The van der Waals surface area contributed by atoms with Crippen LogP contribution < -0.4 is 5.32 Å². The van der Waals surface area contributed by atoms with E-state index in [2.05, 4.69) is 15.5 Å². The van der Waals surface area contributed by atoms with Gasteiger partial charge in [-0.2, -0.15) is 4.31 Å². The van der Waals surface area contributed by atoms with Crippen LogP contribution >= 0.6 is 22.9 Å². The highest BCUT2D eigenvalue weighted by Crippen LogP contribution is 2.26. The summed E-state index contributed by atoms with van der Waals surface area (Å²) < 4.78 is 26.0. The van der Waals surface area contributed by atoms with Gasteiger partial charge in [0.1, 0.15) is 0 Å². The summed E-state index contributed by atoms with van der Waals surface area (Å²) in [4.78, 5) is 12.1. The molecule has 1 N–H and O–H groups in total. The summed E-state index contributed by atoms with van der Waals surface area (Å²) in [5.74, 6) is -0.400. The van der Waals surface area contributed by atoms with Crippen molar-refractivity contribution in [2.24, 2.45) is 0 Å². The topological polar surface area (TPSA) is 92.3 Å². The van der Waals surface area contributed by atoms with Crippen LogP contribution in [0.1, 0.15) is 23.2 Å². The van der Waals surface area contributed by atoms with Crippen LogP contribution in [0.5, 0.6) is 0 Å². The Bertz CT molecular complexity index is 814. The van der Waals surface area contributed by atoms with E-state index in [1.165, 1.54) is 4.31 Å². The van der Waals surface area contributed by atoms with Crippen molar-refractivity contribution in [1.29, 1.82) is 0 Å². The van der Waals surface area contributed by atoms with Crippen LogP contribution in [0.15, 0.2) is 28.6 Å². The SMILES string of the molecule is O=C(Nc1nnc(S(=O)(=O)N2CCCC2)s1)c1ccc(Cl)cc1. The maximum absolute atomic E-state index is 12.3. The molecule has 3 rings (SSSR count). The predicted octanol–water partition coefficient (Wildman–Crippen LogP) is 2.23. The monoisotopic (exact) mass is 372 g/mol. The zero-order valence-corrected chi connectivity index (χ0v) is 14.3. The molecule has 0 unspecified atom stereocenters. The lowest BCUT2D eigenvalue weighted by Crippen LogP contribution is -2.27. The average Bonchev–Trinajstić information content (AvgIpc) is 3.19. The molecule has 0 aliphatic carbocycles. The first-order valence-corrected chi connectivity index (χ1v) is 9.51. The number of aromatic nitrogens is 2. The van der Waals surface area contributed by atoms with Gasteiger partial charge in [-0.25, -0.2) is 8.42 Å². The molecule has 1 aliphatic heterocycles. The first-order valence-electron chi connectivity index (χ1n) is 6.87. The number of nitrogens with one attached hydrogen (secondary N) is 1. The molecule has 1 saturated heterocycles. The Morgan fingerprint density at radius 3 is 2.48 bits per heavy atom. The molecule has 10 heteroatoms. The van der Waals surface area contributed by atoms with Crippen LogP contribution in [-0.2, 0) is 10.0 Å². The Morgan fingerprint density at radius 1 is 1.17 bits per heavy atom. The molecule has 0 spiro atoms. The molecule has 2 heterocycles. The van der Waals surface area contributed by atoms with Gasteiger partial charge in [-0.05, 0) is 37.1 Å². The van der Waals surface area contributed by atoms with Crippen molar-refractivity contribution in [2.45, 2.75) is 17.2 Å². The highest BCUT2D eigenvalue weighted by atomic mass is 35.5. The molecule has 1 aromatic carbocycles. The highest BCUT2D eigenvalue weighted by molar-refractivity contribution is 7.91. The number of hydrogen-bond acceptors (Lipinski definition) is 6. The van der Waals surface area contributed by atoms with Crippen molar-refractivity contribution in [3.05, 3.63) is 34.9 Å². The fourth-order valence-electron chi connectivity index (χ4n) is 2.17. The lowest BCUT2D eigenvalue weighted by molar-refractivity contribution is 0.102. The molecule has 0 bridgehead atoms. The third kappa shape index (κ3) is 3.52. The molecule has 0 radical (unpaired) electrons. The Labute approximate surface area is 142 Å². The van der Waals surface area contributed by atoms with Gasteiger partial charge in [0.05, 0.1) is 0 Å². The summed E-state index contributed by atoms with van der Waals surface area (Å²) in [6, 6.07) is 6.33. The Kier molecular flexibility index (Phi) is 4.62. The van der Waals surface area contributed by atoms with Gasteiger partial charge in [0.15, 0.2) is 0 Å². The maximum atomic E-state index is 12.3. The summed E-state index contributed by atoms with van der Waals surface area (Å²) >= 11 is 6.61. The number of hydrogen-bond donors (Lipinski definition) is 1. The number of carbonyl (C=O) groups is 1. The van der Waals surface area contributed by atoms with Gasteiger partial charge in [-0.1, -0.05) is 22.9 Å². The van der Waals surface area contributed by atoms with Crippen molar-refractivity contribution in [2.75, 3.05) is 18.4 Å². The summed E-state index contributed by atoms with van der Waals surface area (Å²) in [7, 11) is -3.61. The third-order valence-electron chi connectivity index (χ3n) is 3.36. The second kappa shape index (κ2) is 6.52. The smallest absolute Gasteiger partial charge is 0.272 e. The fraction of sp³-hybridized carbons (Fsp3) is 0.308. The molecule has 7 nitrogen and oxygen atoms in total. The number of anilines is 1. The lowest BCUT2D eigenvalue weighted by Gasteiger charge is -2.11. The van der Waals surface area contributed by atoms with Gasteiger partial charge < -0.3 is 0 Å². The number of nitrogens with zero attached hydrogens (tertiary/aromatic N) is 3. The second-order valence-corrected chi connectivity index (χ2v) is 8.47. The van der Waals surface area contributed by atoms with Crippen molar-refractivity contribution < 1.29 is 13.2 Å². The minimum atomic E-state index is -3.61. The quantitative estimate of drug-likeness (QED) is 0.831. The van der Waals surface area contributed by atoms with Crippen LogP contribution in [0.4, 0.5) is 5.13 Å². The highest BCUT2D eigenvalue weighted by Gasteiger charge is 2.30. The maximum Gasteiger partial charge on any atom is 0.272 e. The van der Waals surface area contributed by atoms with Gasteiger partial charge in [-0.3, -0.25) is 10.1 Å². The molecule has 1 amide bonds. The van der Waals surface area contributed by atoms with E-state index in [0.717, 1.165) is 24.2 Å². The van der Waals surface area contributed by atoms with Crippen molar-refractivity contribution >= 4 is 44.0 Å². The average molecular weight is 373 g/mol. The number of rotatable bonds is 4. The second-order valence-electron chi connectivity index (χ2n) is 4.95. The van der Waals surface area contributed by atoms with Gasteiger partial charge >= 0.3 is 0 Å². The van der Waals surface area contributed by atoms with E-state index >= 15 is 0 Å². The van der Waals surface area contributed by atoms with Crippen LogP contribution in [0.2, 0.25) is 5.02 Å². The summed E-state index contributed by atoms with van der Waals surface area (Å²) in [5.41, 5.74) is 0.397. The van der Waals surface area contributed by atoms with Gasteiger partial charge in [-0.15, -0.1) is 10.2 Å². The summed E-state index contributed by atoms with van der Waals surface area (Å²) in [6.45, 7) is 0.989. The fourth-order valence-corrected chi connectivity index (χ4v) is 4.85. The van der Waals surface area contributed by atoms with E-state index in [0.29, 0.717) is 23.7 Å². The molecule has 1 fully saturated rings. The molecule has 122 valence electrons. The molecule has 23 heavy (non-hydrogen) atoms. The van der Waals surface area contributed by atoms with Crippen molar-refractivity contribution in [1.82, 2.24) is 14.5 Å². The Balaban J connectivity index is 1.74. The number of amides is 1. The standard InChI is InChI=1S/C13H13ClN4O3S2/c14-10-5-3-9(4-6-10)11(19)15-12-16-17-13(22-12)23(20,21)18-7-1-2-8-18/h3-6H,1-2,7-8H2,(H,15,16,19). The molecular weight excluding hydrogens is 360 g/mol. The molecule has 2 aromatic rings. The summed E-state index contributed by atoms with van der Waals surface area (Å²) in [6.07, 6.45) is 1.69. The number of carbonyl (C=O) groups excluding carboxylic acids is 1. The first-order chi connectivity index (χ1) is 11.0. The van der Waals surface area contributed by atoms with Crippen LogP contribution in [0.25, 0.3) is 0 Å². The van der Waals surface area contributed by atoms with E-state index < -0.39 is 15.9 Å². The van der Waals surface area contributed by atoms with Crippen LogP contribution in [-0.4, -0.2) is 41.9 Å². The molecule has 1 aliphatic rings. The van der Waals surface area contributed by atoms with E-state index in [-0.39, 0.29) is 9.47 Å². The number of halogens is 1. The largest absolute Gasteiger partial charge is 0.296 e. The molecule has 1 aromatic heterocycles. The van der Waals surface area contributed by atoms with Gasteiger partial charge in [0, 0.05) is 23.7 Å². The molecular formula is C13H13ClN4O3S2. The predicted molar refractivity (Wildman–Crippen MR) is 87.3 cm³/mol. The van der Waals surface area contributed by atoms with Crippen molar-refractivity contribution in [3.8, 4) is 0 Å². The molecule has 0 atom stereocenters. The van der Waals surface area contributed by atoms with Gasteiger partial charge in [0.2, 0.25) is 9.47 Å². The Morgan fingerprint density at radius 2 is 1.83 bits per heavy atom.